The standard InChI is InChI=1S/C21H17BrCl2N2O3S/c1-14-11-16(8-9-18(14)22)25-21(27)13-26(20-10-7-15(23)12-19(20)24)30(28,29)17-5-3-2-4-6-17/h2-12H,13H2,1H3,(H,25,27). The van der Waals surface area contributed by atoms with E-state index in [0.29, 0.717) is 10.7 Å². The van der Waals surface area contributed by atoms with Crippen molar-refractivity contribution >= 4 is 66.4 Å². The van der Waals surface area contributed by atoms with Crippen LogP contribution in [0.4, 0.5) is 11.4 Å². The molecule has 3 rings (SSSR count). The lowest BCUT2D eigenvalue weighted by molar-refractivity contribution is -0.114. The highest BCUT2D eigenvalue weighted by Crippen LogP contribution is 2.32. The lowest BCUT2D eigenvalue weighted by atomic mass is 10.2. The third-order valence-corrected chi connectivity index (χ3v) is 7.44. The van der Waals surface area contributed by atoms with Gasteiger partial charge in [-0.2, -0.15) is 0 Å². The van der Waals surface area contributed by atoms with Crippen LogP contribution in [-0.2, 0) is 14.8 Å². The monoisotopic (exact) mass is 526 g/mol. The predicted molar refractivity (Wildman–Crippen MR) is 125 cm³/mol. The summed E-state index contributed by atoms with van der Waals surface area (Å²) in [5, 5.41) is 3.21. The van der Waals surface area contributed by atoms with E-state index in [1.54, 1.807) is 36.4 Å². The van der Waals surface area contributed by atoms with Crippen LogP contribution in [0.1, 0.15) is 5.56 Å². The van der Waals surface area contributed by atoms with E-state index in [4.69, 9.17) is 23.2 Å². The SMILES string of the molecule is Cc1cc(NC(=O)CN(c2ccc(Cl)cc2Cl)S(=O)(=O)c2ccccc2)ccc1Br. The fraction of sp³-hybridized carbons (Fsp3) is 0.0952. The summed E-state index contributed by atoms with van der Waals surface area (Å²) in [4.78, 5) is 12.8. The highest BCUT2D eigenvalue weighted by molar-refractivity contribution is 9.10. The highest BCUT2D eigenvalue weighted by Gasteiger charge is 2.28. The zero-order valence-corrected chi connectivity index (χ0v) is 19.7. The Morgan fingerprint density at radius 3 is 2.37 bits per heavy atom. The second kappa shape index (κ2) is 9.39. The van der Waals surface area contributed by atoms with Gasteiger partial charge in [-0.3, -0.25) is 9.10 Å². The second-order valence-corrected chi connectivity index (χ2v) is 9.99. The Labute approximate surface area is 193 Å². The molecule has 5 nitrogen and oxygen atoms in total. The summed E-state index contributed by atoms with van der Waals surface area (Å²) in [7, 11) is -4.05. The van der Waals surface area contributed by atoms with Crippen LogP contribution in [0.3, 0.4) is 0 Å². The number of anilines is 2. The maximum Gasteiger partial charge on any atom is 0.264 e. The van der Waals surface area contributed by atoms with Crippen molar-refractivity contribution in [2.45, 2.75) is 11.8 Å². The maximum atomic E-state index is 13.3. The molecule has 9 heteroatoms. The van der Waals surface area contributed by atoms with E-state index in [9.17, 15) is 13.2 Å². The molecule has 1 N–H and O–H groups in total. The summed E-state index contributed by atoms with van der Waals surface area (Å²) in [6.07, 6.45) is 0. The van der Waals surface area contributed by atoms with Gasteiger partial charge in [-0.25, -0.2) is 8.42 Å². The summed E-state index contributed by atoms with van der Waals surface area (Å²) < 4.78 is 28.5. The molecule has 0 saturated carbocycles. The van der Waals surface area contributed by atoms with Gasteiger partial charge in [0.05, 0.1) is 15.6 Å². The van der Waals surface area contributed by atoms with Gasteiger partial charge in [-0.15, -0.1) is 0 Å². The van der Waals surface area contributed by atoms with Gasteiger partial charge in [-0.1, -0.05) is 57.3 Å². The summed E-state index contributed by atoms with van der Waals surface area (Å²) >= 11 is 15.6. The van der Waals surface area contributed by atoms with Crippen LogP contribution in [0.5, 0.6) is 0 Å². The number of sulfonamides is 1. The number of carbonyl (C=O) groups is 1. The van der Waals surface area contributed by atoms with E-state index in [1.165, 1.54) is 30.3 Å². The van der Waals surface area contributed by atoms with Crippen LogP contribution in [0.2, 0.25) is 10.0 Å². The first-order chi connectivity index (χ1) is 14.2. The van der Waals surface area contributed by atoms with E-state index in [2.05, 4.69) is 21.2 Å². The first-order valence-corrected chi connectivity index (χ1v) is 11.8. The number of nitrogens with zero attached hydrogens (tertiary/aromatic N) is 1. The molecular weight excluding hydrogens is 511 g/mol. The van der Waals surface area contributed by atoms with Gasteiger partial charge in [0.15, 0.2) is 0 Å². The third kappa shape index (κ3) is 5.16. The Kier molecular flexibility index (Phi) is 7.08. The summed E-state index contributed by atoms with van der Waals surface area (Å²) in [6, 6.07) is 17.6. The predicted octanol–water partition coefficient (Wildman–Crippen LogP) is 5.90. The number of amides is 1. The van der Waals surface area contributed by atoms with Crippen LogP contribution >= 0.6 is 39.1 Å². The van der Waals surface area contributed by atoms with Crippen molar-refractivity contribution in [3.8, 4) is 0 Å². The van der Waals surface area contributed by atoms with Crippen LogP contribution < -0.4 is 9.62 Å². The molecular formula is C21H17BrCl2N2O3S. The Morgan fingerprint density at radius 1 is 1.03 bits per heavy atom. The van der Waals surface area contributed by atoms with Crippen molar-refractivity contribution in [2.24, 2.45) is 0 Å². The lowest BCUT2D eigenvalue weighted by Crippen LogP contribution is -2.38. The third-order valence-electron chi connectivity index (χ3n) is 4.24. The van der Waals surface area contributed by atoms with Gasteiger partial charge in [-0.05, 0) is 61.0 Å². The zero-order chi connectivity index (χ0) is 21.9. The van der Waals surface area contributed by atoms with Crippen LogP contribution in [0, 0.1) is 6.92 Å². The van der Waals surface area contributed by atoms with E-state index in [1.807, 2.05) is 6.92 Å². The van der Waals surface area contributed by atoms with Gasteiger partial charge in [0, 0.05) is 15.2 Å². The molecule has 0 aliphatic heterocycles. The molecule has 3 aromatic carbocycles. The number of carbonyl (C=O) groups excluding carboxylic acids is 1. The lowest BCUT2D eigenvalue weighted by Gasteiger charge is -2.25. The van der Waals surface area contributed by atoms with Gasteiger partial charge < -0.3 is 5.32 Å². The molecule has 30 heavy (non-hydrogen) atoms. The smallest absolute Gasteiger partial charge is 0.264 e. The van der Waals surface area contributed by atoms with Crippen molar-refractivity contribution in [1.29, 1.82) is 0 Å². The molecule has 0 saturated heterocycles. The van der Waals surface area contributed by atoms with E-state index in [-0.39, 0.29) is 15.6 Å². The summed E-state index contributed by atoms with van der Waals surface area (Å²) in [5.74, 6) is -0.512. The Morgan fingerprint density at radius 2 is 1.73 bits per heavy atom. The Balaban J connectivity index is 1.97. The van der Waals surface area contributed by atoms with Crippen LogP contribution in [0.25, 0.3) is 0 Å². The van der Waals surface area contributed by atoms with Crippen LogP contribution in [-0.4, -0.2) is 20.9 Å². The molecule has 0 atom stereocenters. The highest BCUT2D eigenvalue weighted by atomic mass is 79.9. The van der Waals surface area contributed by atoms with Crippen molar-refractivity contribution in [3.05, 3.63) is 86.8 Å². The molecule has 0 bridgehead atoms. The fourth-order valence-corrected chi connectivity index (χ4v) is 5.02. The number of rotatable bonds is 6. The number of hydrogen-bond acceptors (Lipinski definition) is 3. The minimum absolute atomic E-state index is 0.0447. The molecule has 0 fully saturated rings. The maximum absolute atomic E-state index is 13.3. The average Bonchev–Trinajstić information content (AvgIpc) is 2.70. The van der Waals surface area contributed by atoms with Gasteiger partial charge in [0.2, 0.25) is 5.91 Å². The average molecular weight is 528 g/mol. The number of nitrogens with one attached hydrogen (secondary N) is 1. The normalized spacial score (nSPS) is 11.2. The van der Waals surface area contributed by atoms with E-state index >= 15 is 0 Å². The van der Waals surface area contributed by atoms with E-state index < -0.39 is 22.5 Å². The van der Waals surface area contributed by atoms with Crippen molar-refractivity contribution in [2.75, 3.05) is 16.2 Å². The Bertz CT molecular complexity index is 1190. The van der Waals surface area contributed by atoms with Crippen molar-refractivity contribution in [1.82, 2.24) is 0 Å². The van der Waals surface area contributed by atoms with Crippen molar-refractivity contribution < 1.29 is 13.2 Å². The molecule has 0 aliphatic rings. The number of hydrogen-bond donors (Lipinski definition) is 1. The number of benzene rings is 3. The summed E-state index contributed by atoms with van der Waals surface area (Å²) in [5.41, 5.74) is 1.65. The molecule has 0 unspecified atom stereocenters. The van der Waals surface area contributed by atoms with Gasteiger partial charge >= 0.3 is 0 Å². The largest absolute Gasteiger partial charge is 0.325 e. The molecule has 0 spiro atoms. The molecule has 0 radical (unpaired) electrons. The second-order valence-electron chi connectivity index (χ2n) is 6.43. The number of halogens is 3. The van der Waals surface area contributed by atoms with Crippen LogP contribution in [0.15, 0.2) is 76.1 Å². The molecule has 1 amide bonds. The topological polar surface area (TPSA) is 66.5 Å². The summed E-state index contributed by atoms with van der Waals surface area (Å²) in [6.45, 7) is 1.42. The zero-order valence-electron chi connectivity index (χ0n) is 15.8. The van der Waals surface area contributed by atoms with Crippen molar-refractivity contribution in [3.63, 3.8) is 0 Å². The number of aryl methyl sites for hydroxylation is 1. The van der Waals surface area contributed by atoms with E-state index in [0.717, 1.165) is 14.3 Å². The van der Waals surface area contributed by atoms with Gasteiger partial charge in [0.1, 0.15) is 6.54 Å². The van der Waals surface area contributed by atoms with Gasteiger partial charge in [0.25, 0.3) is 10.0 Å². The molecule has 0 heterocycles. The first-order valence-electron chi connectivity index (χ1n) is 8.77. The first kappa shape index (κ1) is 22.6. The minimum atomic E-state index is -4.05. The molecule has 3 aromatic rings. The Hall–Kier alpha value is -2.06. The molecule has 0 aromatic heterocycles. The molecule has 156 valence electrons. The minimum Gasteiger partial charge on any atom is -0.325 e. The quantitative estimate of drug-likeness (QED) is 0.434. The molecule has 0 aliphatic carbocycles. The fourth-order valence-electron chi connectivity index (χ4n) is 2.76.